The van der Waals surface area contributed by atoms with Crippen LogP contribution in [0.25, 0.3) is 0 Å². The van der Waals surface area contributed by atoms with Crippen LogP contribution in [0.3, 0.4) is 0 Å². The molecule has 0 radical (unpaired) electrons. The number of ether oxygens (including phenoxy) is 1. The van der Waals surface area contributed by atoms with E-state index in [0.29, 0.717) is 5.56 Å². The van der Waals surface area contributed by atoms with E-state index in [1.807, 2.05) is 13.0 Å². The molecule has 0 aromatic heterocycles. The highest BCUT2D eigenvalue weighted by Crippen LogP contribution is 2.29. The molecule has 3 heteroatoms. The molecule has 0 saturated carbocycles. The Labute approximate surface area is 76.7 Å². The minimum Gasteiger partial charge on any atom is -0.487 e. The molecule has 0 spiro atoms. The second-order valence-electron chi connectivity index (χ2n) is 3.18. The van der Waals surface area contributed by atoms with Crippen LogP contribution in [0.4, 0.5) is 5.69 Å². The van der Waals surface area contributed by atoms with Gasteiger partial charge in [-0.25, -0.2) is 0 Å². The van der Waals surface area contributed by atoms with Crippen molar-refractivity contribution in [3.8, 4) is 5.75 Å². The molecule has 1 atom stereocenters. The summed E-state index contributed by atoms with van der Waals surface area (Å²) >= 11 is 0. The van der Waals surface area contributed by atoms with Gasteiger partial charge in [-0.15, -0.1) is 0 Å². The molecule has 1 aromatic carbocycles. The zero-order valence-corrected chi connectivity index (χ0v) is 7.41. The maximum atomic E-state index is 10.5. The van der Waals surface area contributed by atoms with Crippen LogP contribution in [0.5, 0.6) is 5.75 Å². The van der Waals surface area contributed by atoms with E-state index in [-0.39, 0.29) is 6.10 Å². The van der Waals surface area contributed by atoms with Crippen molar-refractivity contribution in [2.45, 2.75) is 13.0 Å². The van der Waals surface area contributed by atoms with E-state index in [4.69, 9.17) is 4.74 Å². The molecule has 1 heterocycles. The average molecular weight is 177 g/mol. The Morgan fingerprint density at radius 2 is 2.46 bits per heavy atom. The molecule has 0 saturated heterocycles. The summed E-state index contributed by atoms with van der Waals surface area (Å²) in [5.74, 6) is 0.767. The summed E-state index contributed by atoms with van der Waals surface area (Å²) in [6.45, 7) is 2.80. The van der Waals surface area contributed by atoms with Gasteiger partial charge in [0.2, 0.25) is 0 Å². The number of fused-ring (bicyclic) bond motifs is 1. The lowest BCUT2D eigenvalue weighted by molar-refractivity contribution is 0.112. The molecule has 1 aromatic rings. The zero-order chi connectivity index (χ0) is 9.26. The molecule has 0 amide bonds. The smallest absolute Gasteiger partial charge is 0.150 e. The summed E-state index contributed by atoms with van der Waals surface area (Å²) in [6, 6.07) is 5.40. The highest BCUT2D eigenvalue weighted by molar-refractivity contribution is 5.78. The molecular weight excluding hydrogens is 166 g/mol. The Hall–Kier alpha value is -1.51. The van der Waals surface area contributed by atoms with Crippen molar-refractivity contribution < 1.29 is 9.53 Å². The van der Waals surface area contributed by atoms with Gasteiger partial charge in [0, 0.05) is 5.56 Å². The summed E-state index contributed by atoms with van der Waals surface area (Å²) in [4.78, 5) is 10.5. The third-order valence-electron chi connectivity index (χ3n) is 2.05. The van der Waals surface area contributed by atoms with E-state index in [0.717, 1.165) is 24.3 Å². The summed E-state index contributed by atoms with van der Waals surface area (Å²) in [6.07, 6.45) is 0.984. The number of hydrogen-bond acceptors (Lipinski definition) is 3. The molecule has 1 aliphatic rings. The van der Waals surface area contributed by atoms with Crippen molar-refractivity contribution in [2.75, 3.05) is 11.9 Å². The predicted molar refractivity (Wildman–Crippen MR) is 50.4 cm³/mol. The van der Waals surface area contributed by atoms with E-state index in [2.05, 4.69) is 5.32 Å². The second-order valence-corrected chi connectivity index (χ2v) is 3.18. The standard InChI is InChI=1S/C10H11NO2/c1-7-5-11-9-3-2-8(6-12)4-10(9)13-7/h2-4,6-7,11H,5H2,1H3. The Bertz CT molecular complexity index is 336. The van der Waals surface area contributed by atoms with Gasteiger partial charge in [-0.3, -0.25) is 4.79 Å². The lowest BCUT2D eigenvalue weighted by Crippen LogP contribution is -2.27. The van der Waals surface area contributed by atoms with Crippen molar-refractivity contribution in [3.63, 3.8) is 0 Å². The van der Waals surface area contributed by atoms with Crippen LogP contribution in [0, 0.1) is 0 Å². The summed E-state index contributed by atoms with van der Waals surface area (Å²) in [5.41, 5.74) is 1.61. The van der Waals surface area contributed by atoms with Crippen molar-refractivity contribution in [1.82, 2.24) is 0 Å². The van der Waals surface area contributed by atoms with Crippen molar-refractivity contribution in [2.24, 2.45) is 0 Å². The van der Waals surface area contributed by atoms with Gasteiger partial charge in [-0.05, 0) is 25.1 Å². The number of nitrogens with one attached hydrogen (secondary N) is 1. The summed E-state index contributed by atoms with van der Waals surface area (Å²) < 4.78 is 5.55. The first-order valence-electron chi connectivity index (χ1n) is 4.29. The first-order chi connectivity index (χ1) is 6.29. The number of carbonyl (C=O) groups excluding carboxylic acids is 1. The van der Waals surface area contributed by atoms with Crippen LogP contribution in [0.1, 0.15) is 17.3 Å². The Kier molecular flexibility index (Phi) is 1.93. The van der Waals surface area contributed by atoms with Crippen molar-refractivity contribution in [1.29, 1.82) is 0 Å². The highest BCUT2D eigenvalue weighted by atomic mass is 16.5. The molecular formula is C10H11NO2. The van der Waals surface area contributed by atoms with Gasteiger partial charge >= 0.3 is 0 Å². The van der Waals surface area contributed by atoms with E-state index >= 15 is 0 Å². The first kappa shape index (κ1) is 8.10. The molecule has 0 bridgehead atoms. The van der Waals surface area contributed by atoms with Gasteiger partial charge in [0.1, 0.15) is 18.1 Å². The van der Waals surface area contributed by atoms with Gasteiger partial charge in [0.25, 0.3) is 0 Å². The van der Waals surface area contributed by atoms with Crippen LogP contribution < -0.4 is 10.1 Å². The molecule has 68 valence electrons. The van der Waals surface area contributed by atoms with Crippen molar-refractivity contribution >= 4 is 12.0 Å². The lowest BCUT2D eigenvalue weighted by atomic mass is 10.1. The number of aldehydes is 1. The SMILES string of the molecule is CC1CNc2ccc(C=O)cc2O1. The van der Waals surface area contributed by atoms with E-state index in [1.54, 1.807) is 12.1 Å². The zero-order valence-electron chi connectivity index (χ0n) is 7.41. The molecule has 13 heavy (non-hydrogen) atoms. The fourth-order valence-electron chi connectivity index (χ4n) is 1.37. The molecule has 1 aliphatic heterocycles. The van der Waals surface area contributed by atoms with Gasteiger partial charge < -0.3 is 10.1 Å². The monoisotopic (exact) mass is 177 g/mol. The van der Waals surface area contributed by atoms with Gasteiger partial charge in [-0.2, -0.15) is 0 Å². The van der Waals surface area contributed by atoms with E-state index in [1.165, 1.54) is 0 Å². The Morgan fingerprint density at radius 3 is 3.23 bits per heavy atom. The quantitative estimate of drug-likeness (QED) is 0.663. The number of anilines is 1. The number of carbonyl (C=O) groups is 1. The maximum Gasteiger partial charge on any atom is 0.150 e. The minimum absolute atomic E-state index is 0.161. The van der Waals surface area contributed by atoms with Gasteiger partial charge in [0.05, 0.1) is 12.2 Å². The van der Waals surface area contributed by atoms with Crippen LogP contribution in [-0.4, -0.2) is 18.9 Å². The van der Waals surface area contributed by atoms with Gasteiger partial charge in [0.15, 0.2) is 0 Å². The fraction of sp³-hybridized carbons (Fsp3) is 0.300. The van der Waals surface area contributed by atoms with E-state index < -0.39 is 0 Å². The predicted octanol–water partition coefficient (Wildman–Crippen LogP) is 1.69. The Balaban J connectivity index is 2.38. The van der Waals surface area contributed by atoms with Gasteiger partial charge in [-0.1, -0.05) is 0 Å². The summed E-state index contributed by atoms with van der Waals surface area (Å²) in [5, 5.41) is 3.22. The Morgan fingerprint density at radius 1 is 1.62 bits per heavy atom. The van der Waals surface area contributed by atoms with Crippen LogP contribution in [-0.2, 0) is 0 Å². The van der Waals surface area contributed by atoms with E-state index in [9.17, 15) is 4.79 Å². The number of benzene rings is 1. The molecule has 0 fully saturated rings. The lowest BCUT2D eigenvalue weighted by Gasteiger charge is -2.24. The number of hydrogen-bond donors (Lipinski definition) is 1. The highest BCUT2D eigenvalue weighted by Gasteiger charge is 2.14. The van der Waals surface area contributed by atoms with Crippen LogP contribution in [0.2, 0.25) is 0 Å². The van der Waals surface area contributed by atoms with Crippen LogP contribution in [0.15, 0.2) is 18.2 Å². The molecule has 3 nitrogen and oxygen atoms in total. The van der Waals surface area contributed by atoms with Crippen LogP contribution >= 0.6 is 0 Å². The van der Waals surface area contributed by atoms with Crippen molar-refractivity contribution in [3.05, 3.63) is 23.8 Å². The topological polar surface area (TPSA) is 38.3 Å². The molecule has 1 unspecified atom stereocenters. The second kappa shape index (κ2) is 3.09. The first-order valence-corrected chi connectivity index (χ1v) is 4.29. The summed E-state index contributed by atoms with van der Waals surface area (Å²) in [7, 11) is 0. The minimum atomic E-state index is 0.161. The normalized spacial score (nSPS) is 19.6. The largest absolute Gasteiger partial charge is 0.487 e. The molecule has 0 aliphatic carbocycles. The maximum absolute atomic E-state index is 10.5. The average Bonchev–Trinajstić information content (AvgIpc) is 2.16. The molecule has 1 N–H and O–H groups in total. The third-order valence-corrected chi connectivity index (χ3v) is 2.05. The third kappa shape index (κ3) is 1.49. The fourth-order valence-corrected chi connectivity index (χ4v) is 1.37. The number of rotatable bonds is 1. The molecule has 2 rings (SSSR count).